The van der Waals surface area contributed by atoms with Gasteiger partial charge in [-0.3, -0.25) is 0 Å². The van der Waals surface area contributed by atoms with Gasteiger partial charge in [-0.25, -0.2) is 9.59 Å². The molecule has 1 rings (SSSR count). The largest absolute Gasteiger partial charge is 0.480 e. The maximum absolute atomic E-state index is 11.6. The lowest BCUT2D eigenvalue weighted by Gasteiger charge is -2.17. The number of carbonyl (C=O) groups excluding carboxylic acids is 1. The molecule has 7 heteroatoms. The molecule has 0 bridgehead atoms. The fourth-order valence-electron chi connectivity index (χ4n) is 1.97. The molecule has 3 atom stereocenters. The quantitative estimate of drug-likeness (QED) is 0.616. The lowest BCUT2D eigenvalue weighted by molar-refractivity contribution is -0.139. The Hall–Kier alpha value is -1.34. The van der Waals surface area contributed by atoms with Crippen molar-refractivity contribution < 1.29 is 24.2 Å². The van der Waals surface area contributed by atoms with Gasteiger partial charge in [-0.05, 0) is 13.3 Å². The van der Waals surface area contributed by atoms with Crippen LogP contribution in [0, 0.1) is 5.92 Å². The van der Waals surface area contributed by atoms with Crippen molar-refractivity contribution in [2.75, 3.05) is 26.9 Å². The van der Waals surface area contributed by atoms with E-state index in [2.05, 4.69) is 10.6 Å². The fraction of sp³-hybridized carbons (Fsp3) is 0.833. The molecule has 0 radical (unpaired) electrons. The van der Waals surface area contributed by atoms with Crippen LogP contribution >= 0.6 is 0 Å². The molecule has 110 valence electrons. The standard InChI is InChI=1S/C12H22N2O5/c1-8-9(3-6-19-8)7-13-12(17)14-10(11(15)16)4-5-18-2/h8-10H,3-7H2,1-2H3,(H,15,16)(H2,13,14,17). The van der Waals surface area contributed by atoms with Crippen molar-refractivity contribution in [1.82, 2.24) is 10.6 Å². The highest BCUT2D eigenvalue weighted by molar-refractivity contribution is 5.82. The third-order valence-electron chi connectivity index (χ3n) is 3.27. The Kier molecular flexibility index (Phi) is 6.58. The molecule has 7 nitrogen and oxygen atoms in total. The minimum Gasteiger partial charge on any atom is -0.480 e. The van der Waals surface area contributed by atoms with Crippen LogP contribution in [0.4, 0.5) is 4.79 Å². The smallest absolute Gasteiger partial charge is 0.326 e. The van der Waals surface area contributed by atoms with Crippen LogP contribution in [0.15, 0.2) is 0 Å². The van der Waals surface area contributed by atoms with Crippen LogP contribution in [0.1, 0.15) is 19.8 Å². The van der Waals surface area contributed by atoms with E-state index in [0.29, 0.717) is 13.2 Å². The lowest BCUT2D eigenvalue weighted by Crippen LogP contribution is -2.47. The number of carboxylic acid groups (broad SMARTS) is 1. The number of nitrogens with one attached hydrogen (secondary N) is 2. The first-order valence-electron chi connectivity index (χ1n) is 6.42. The van der Waals surface area contributed by atoms with E-state index in [9.17, 15) is 9.59 Å². The van der Waals surface area contributed by atoms with Gasteiger partial charge in [-0.2, -0.15) is 0 Å². The van der Waals surface area contributed by atoms with Crippen molar-refractivity contribution in [3.8, 4) is 0 Å². The summed E-state index contributed by atoms with van der Waals surface area (Å²) in [7, 11) is 1.49. The van der Waals surface area contributed by atoms with Crippen LogP contribution in [0.5, 0.6) is 0 Å². The van der Waals surface area contributed by atoms with Gasteiger partial charge in [0.1, 0.15) is 6.04 Å². The fourth-order valence-corrected chi connectivity index (χ4v) is 1.97. The number of aliphatic carboxylic acids is 1. The van der Waals surface area contributed by atoms with Crippen molar-refractivity contribution in [3.05, 3.63) is 0 Å². The Morgan fingerprint density at radius 2 is 2.26 bits per heavy atom. The molecule has 0 aromatic carbocycles. The Labute approximate surface area is 112 Å². The minimum absolute atomic E-state index is 0.129. The molecule has 0 aliphatic carbocycles. The number of hydrogen-bond acceptors (Lipinski definition) is 4. The van der Waals surface area contributed by atoms with Crippen LogP contribution in [-0.4, -0.2) is 56.1 Å². The van der Waals surface area contributed by atoms with E-state index in [4.69, 9.17) is 14.6 Å². The number of amides is 2. The number of rotatable bonds is 7. The second-order valence-electron chi connectivity index (χ2n) is 4.65. The van der Waals surface area contributed by atoms with Crippen LogP contribution in [0.2, 0.25) is 0 Å². The Bertz CT molecular complexity index is 310. The minimum atomic E-state index is -1.07. The summed E-state index contributed by atoms with van der Waals surface area (Å²) in [6, 6.07) is -1.40. The maximum atomic E-state index is 11.6. The molecule has 0 spiro atoms. The molecular weight excluding hydrogens is 252 g/mol. The average Bonchev–Trinajstić information content (AvgIpc) is 2.77. The molecule has 1 saturated heterocycles. The number of hydrogen-bond donors (Lipinski definition) is 3. The summed E-state index contributed by atoms with van der Waals surface area (Å²) in [5, 5.41) is 14.1. The highest BCUT2D eigenvalue weighted by atomic mass is 16.5. The van der Waals surface area contributed by atoms with E-state index < -0.39 is 18.0 Å². The zero-order valence-electron chi connectivity index (χ0n) is 11.3. The SMILES string of the molecule is COCCC(NC(=O)NCC1CCOC1C)C(=O)O. The molecule has 1 aliphatic rings. The van der Waals surface area contributed by atoms with Gasteiger partial charge in [0, 0.05) is 39.2 Å². The van der Waals surface area contributed by atoms with Gasteiger partial charge in [0.25, 0.3) is 0 Å². The molecule has 3 N–H and O–H groups in total. The van der Waals surface area contributed by atoms with Crippen LogP contribution in [-0.2, 0) is 14.3 Å². The maximum Gasteiger partial charge on any atom is 0.326 e. The zero-order chi connectivity index (χ0) is 14.3. The first kappa shape index (κ1) is 15.7. The molecule has 0 saturated carbocycles. The van der Waals surface area contributed by atoms with Crippen molar-refractivity contribution in [2.45, 2.75) is 31.9 Å². The van der Waals surface area contributed by atoms with Crippen molar-refractivity contribution in [3.63, 3.8) is 0 Å². The first-order valence-corrected chi connectivity index (χ1v) is 6.42. The highest BCUT2D eigenvalue weighted by Crippen LogP contribution is 2.19. The van der Waals surface area contributed by atoms with Crippen LogP contribution in [0.25, 0.3) is 0 Å². The number of carboxylic acids is 1. The summed E-state index contributed by atoms with van der Waals surface area (Å²) in [6.45, 7) is 3.45. The molecule has 0 aromatic rings. The van der Waals surface area contributed by atoms with Crippen molar-refractivity contribution in [1.29, 1.82) is 0 Å². The van der Waals surface area contributed by atoms with E-state index in [1.54, 1.807) is 0 Å². The molecular formula is C12H22N2O5. The van der Waals surface area contributed by atoms with Gasteiger partial charge in [0.15, 0.2) is 0 Å². The normalized spacial score (nSPS) is 23.9. The summed E-state index contributed by atoms with van der Waals surface area (Å²) in [4.78, 5) is 22.6. The molecule has 2 amide bonds. The van der Waals surface area contributed by atoms with E-state index in [0.717, 1.165) is 6.42 Å². The number of ether oxygens (including phenoxy) is 2. The Morgan fingerprint density at radius 1 is 1.53 bits per heavy atom. The van der Waals surface area contributed by atoms with E-state index >= 15 is 0 Å². The predicted octanol–water partition coefficient (Wildman–Crippen LogP) is 0.200. The molecule has 1 fully saturated rings. The second-order valence-corrected chi connectivity index (χ2v) is 4.65. The topological polar surface area (TPSA) is 96.9 Å². The average molecular weight is 274 g/mol. The second kappa shape index (κ2) is 7.96. The monoisotopic (exact) mass is 274 g/mol. The Balaban J connectivity index is 2.29. The predicted molar refractivity (Wildman–Crippen MR) is 68.0 cm³/mol. The molecule has 19 heavy (non-hydrogen) atoms. The van der Waals surface area contributed by atoms with Gasteiger partial charge in [-0.15, -0.1) is 0 Å². The molecule has 3 unspecified atom stereocenters. The van der Waals surface area contributed by atoms with Gasteiger partial charge >= 0.3 is 12.0 Å². The summed E-state index contributed by atoms with van der Waals surface area (Å²) in [5.74, 6) is -0.780. The molecule has 1 aliphatic heterocycles. The van der Waals surface area contributed by atoms with Crippen LogP contribution < -0.4 is 10.6 Å². The Morgan fingerprint density at radius 3 is 2.79 bits per heavy atom. The lowest BCUT2D eigenvalue weighted by atomic mass is 10.0. The zero-order valence-corrected chi connectivity index (χ0v) is 11.3. The van der Waals surface area contributed by atoms with Gasteiger partial charge in [0.05, 0.1) is 6.10 Å². The summed E-state index contributed by atoms with van der Waals surface area (Å²) in [5.41, 5.74) is 0. The number of carbonyl (C=O) groups is 2. The van der Waals surface area contributed by atoms with Gasteiger partial charge < -0.3 is 25.2 Å². The van der Waals surface area contributed by atoms with Crippen molar-refractivity contribution in [2.24, 2.45) is 5.92 Å². The summed E-state index contributed by atoms with van der Waals surface area (Å²) in [6.07, 6.45) is 1.28. The van der Waals surface area contributed by atoms with E-state index in [1.807, 2.05) is 6.92 Å². The third-order valence-corrected chi connectivity index (χ3v) is 3.27. The highest BCUT2D eigenvalue weighted by Gasteiger charge is 2.25. The molecule has 1 heterocycles. The summed E-state index contributed by atoms with van der Waals surface area (Å²) >= 11 is 0. The summed E-state index contributed by atoms with van der Waals surface area (Å²) < 4.78 is 10.2. The van der Waals surface area contributed by atoms with E-state index in [1.165, 1.54) is 7.11 Å². The number of methoxy groups -OCH3 is 1. The van der Waals surface area contributed by atoms with E-state index in [-0.39, 0.29) is 25.0 Å². The van der Waals surface area contributed by atoms with Gasteiger partial charge in [0.2, 0.25) is 0 Å². The van der Waals surface area contributed by atoms with Crippen LogP contribution in [0.3, 0.4) is 0 Å². The van der Waals surface area contributed by atoms with Crippen molar-refractivity contribution >= 4 is 12.0 Å². The number of urea groups is 1. The molecule has 0 aromatic heterocycles. The first-order chi connectivity index (χ1) is 9.04. The van der Waals surface area contributed by atoms with Gasteiger partial charge in [-0.1, -0.05) is 0 Å². The third kappa shape index (κ3) is 5.44.